The number of carbonyl (C=O) groups excluding carboxylic acids is 1. The first-order valence-corrected chi connectivity index (χ1v) is 6.50. The van der Waals surface area contributed by atoms with Crippen molar-refractivity contribution in [2.24, 2.45) is 5.84 Å². The SMILES string of the molecule is NNC(=O)CSc1nnc2c(n1)[nH]c1ccccc12. The highest BCUT2D eigenvalue weighted by Gasteiger charge is 2.09. The molecule has 0 radical (unpaired) electrons. The third kappa shape index (κ3) is 2.23. The lowest BCUT2D eigenvalue weighted by molar-refractivity contribution is -0.118. The molecule has 0 aliphatic heterocycles. The van der Waals surface area contributed by atoms with E-state index in [1.54, 1.807) is 0 Å². The Morgan fingerprint density at radius 1 is 1.37 bits per heavy atom. The number of hydrazine groups is 1. The first-order valence-electron chi connectivity index (χ1n) is 5.51. The fraction of sp³-hybridized carbons (Fsp3) is 0.0909. The predicted molar refractivity (Wildman–Crippen MR) is 72.2 cm³/mol. The summed E-state index contributed by atoms with van der Waals surface area (Å²) in [5, 5.41) is 9.56. The van der Waals surface area contributed by atoms with Crippen LogP contribution in [0.15, 0.2) is 29.4 Å². The van der Waals surface area contributed by atoms with Crippen LogP contribution in [0.2, 0.25) is 0 Å². The van der Waals surface area contributed by atoms with E-state index >= 15 is 0 Å². The van der Waals surface area contributed by atoms with E-state index in [0.717, 1.165) is 16.4 Å². The average Bonchev–Trinajstić information content (AvgIpc) is 2.82. The number of fused-ring (bicyclic) bond motifs is 3. The van der Waals surface area contributed by atoms with Crippen molar-refractivity contribution < 1.29 is 4.79 Å². The molecular formula is C11H10N6OS. The van der Waals surface area contributed by atoms with Crippen LogP contribution in [-0.2, 0) is 4.79 Å². The number of aromatic amines is 1. The normalized spacial score (nSPS) is 11.0. The van der Waals surface area contributed by atoms with E-state index in [4.69, 9.17) is 5.84 Å². The van der Waals surface area contributed by atoms with E-state index in [1.165, 1.54) is 11.8 Å². The standard InChI is InChI=1S/C11H10N6OS/c12-15-8(18)5-19-11-14-10-9(16-17-11)6-3-1-2-4-7(6)13-10/h1-4H,5,12H2,(H,15,18)(H,13,14,17). The molecule has 0 unspecified atom stereocenters. The monoisotopic (exact) mass is 274 g/mol. The van der Waals surface area contributed by atoms with Crippen molar-refractivity contribution in [1.82, 2.24) is 25.6 Å². The zero-order chi connectivity index (χ0) is 13.2. The van der Waals surface area contributed by atoms with Gasteiger partial charge in [0.25, 0.3) is 0 Å². The van der Waals surface area contributed by atoms with Crippen LogP contribution in [-0.4, -0.2) is 31.8 Å². The van der Waals surface area contributed by atoms with Gasteiger partial charge >= 0.3 is 0 Å². The Bertz CT molecular complexity index is 755. The van der Waals surface area contributed by atoms with Crippen LogP contribution in [0.3, 0.4) is 0 Å². The van der Waals surface area contributed by atoms with Gasteiger partial charge in [0.05, 0.1) is 5.75 Å². The van der Waals surface area contributed by atoms with Gasteiger partial charge in [0.15, 0.2) is 5.65 Å². The van der Waals surface area contributed by atoms with Gasteiger partial charge in [0.2, 0.25) is 11.1 Å². The van der Waals surface area contributed by atoms with E-state index in [0.29, 0.717) is 10.8 Å². The number of nitrogens with zero attached hydrogens (tertiary/aromatic N) is 3. The minimum atomic E-state index is -0.287. The molecule has 3 aromatic rings. The lowest BCUT2D eigenvalue weighted by Crippen LogP contribution is -2.31. The summed E-state index contributed by atoms with van der Waals surface area (Å²) in [5.41, 5.74) is 4.39. The largest absolute Gasteiger partial charge is 0.338 e. The Kier molecular flexibility index (Phi) is 3.02. The van der Waals surface area contributed by atoms with Gasteiger partial charge in [-0.1, -0.05) is 30.0 Å². The van der Waals surface area contributed by atoms with Crippen molar-refractivity contribution in [3.8, 4) is 0 Å². The number of carbonyl (C=O) groups is 1. The molecule has 0 saturated carbocycles. The van der Waals surface area contributed by atoms with Crippen LogP contribution in [0, 0.1) is 0 Å². The second-order valence-corrected chi connectivity index (χ2v) is 4.76. The van der Waals surface area contributed by atoms with Gasteiger partial charge in [-0.2, -0.15) is 0 Å². The maximum Gasteiger partial charge on any atom is 0.244 e. The third-order valence-corrected chi connectivity index (χ3v) is 3.43. The summed E-state index contributed by atoms with van der Waals surface area (Å²) in [4.78, 5) is 18.5. The Morgan fingerprint density at radius 3 is 3.05 bits per heavy atom. The Labute approximate surface area is 112 Å². The van der Waals surface area contributed by atoms with Gasteiger partial charge in [0, 0.05) is 10.9 Å². The van der Waals surface area contributed by atoms with E-state index in [9.17, 15) is 4.79 Å². The van der Waals surface area contributed by atoms with Gasteiger partial charge in [-0.05, 0) is 6.07 Å². The summed E-state index contributed by atoms with van der Waals surface area (Å²) < 4.78 is 0. The number of nitrogens with two attached hydrogens (primary N) is 1. The summed E-state index contributed by atoms with van der Waals surface area (Å²) in [6.07, 6.45) is 0. The topological polar surface area (TPSA) is 110 Å². The molecular weight excluding hydrogens is 264 g/mol. The van der Waals surface area contributed by atoms with Crippen molar-refractivity contribution in [1.29, 1.82) is 0 Å². The number of thioether (sulfide) groups is 1. The number of benzene rings is 1. The van der Waals surface area contributed by atoms with Gasteiger partial charge in [-0.15, -0.1) is 10.2 Å². The van der Waals surface area contributed by atoms with E-state index in [-0.39, 0.29) is 11.7 Å². The Balaban J connectivity index is 1.97. The molecule has 0 fully saturated rings. The van der Waals surface area contributed by atoms with Crippen LogP contribution >= 0.6 is 11.8 Å². The Morgan fingerprint density at radius 2 is 2.21 bits per heavy atom. The smallest absolute Gasteiger partial charge is 0.244 e. The van der Waals surface area contributed by atoms with Crippen LogP contribution in [0.5, 0.6) is 0 Å². The van der Waals surface area contributed by atoms with E-state index in [2.05, 4.69) is 25.6 Å². The molecule has 2 heterocycles. The van der Waals surface area contributed by atoms with Crippen LogP contribution < -0.4 is 11.3 Å². The maximum atomic E-state index is 11.0. The van der Waals surface area contributed by atoms with Gasteiger partial charge in [-0.25, -0.2) is 10.8 Å². The maximum absolute atomic E-state index is 11.0. The molecule has 1 amide bonds. The molecule has 0 bridgehead atoms. The highest BCUT2D eigenvalue weighted by atomic mass is 32.2. The Hall–Kier alpha value is -2.19. The molecule has 8 heteroatoms. The number of rotatable bonds is 3. The summed E-state index contributed by atoms with van der Waals surface area (Å²) in [6.45, 7) is 0. The van der Waals surface area contributed by atoms with Crippen LogP contribution in [0.25, 0.3) is 22.1 Å². The van der Waals surface area contributed by atoms with Crippen LogP contribution in [0.4, 0.5) is 0 Å². The minimum Gasteiger partial charge on any atom is -0.338 e. The van der Waals surface area contributed by atoms with Gasteiger partial charge in [-0.3, -0.25) is 10.2 Å². The highest BCUT2D eigenvalue weighted by molar-refractivity contribution is 7.99. The van der Waals surface area contributed by atoms with Crippen molar-refractivity contribution in [3.05, 3.63) is 24.3 Å². The predicted octanol–water partition coefficient (Wildman–Crippen LogP) is 0.588. The summed E-state index contributed by atoms with van der Waals surface area (Å²) in [6, 6.07) is 7.78. The van der Waals surface area contributed by atoms with Gasteiger partial charge < -0.3 is 4.98 Å². The number of H-pyrrole nitrogens is 1. The molecule has 0 spiro atoms. The summed E-state index contributed by atoms with van der Waals surface area (Å²) >= 11 is 1.18. The van der Waals surface area contributed by atoms with E-state index in [1.807, 2.05) is 24.3 Å². The van der Waals surface area contributed by atoms with Crippen molar-refractivity contribution >= 4 is 39.7 Å². The molecule has 0 atom stereocenters. The third-order valence-electron chi connectivity index (χ3n) is 2.60. The summed E-state index contributed by atoms with van der Waals surface area (Å²) in [5.74, 6) is 4.87. The zero-order valence-electron chi connectivity index (χ0n) is 9.75. The number of hydrogen-bond acceptors (Lipinski definition) is 6. The number of hydrogen-bond donors (Lipinski definition) is 3. The molecule has 7 nitrogen and oxygen atoms in total. The first-order chi connectivity index (χ1) is 9.28. The van der Waals surface area contributed by atoms with E-state index < -0.39 is 0 Å². The van der Waals surface area contributed by atoms with Crippen molar-refractivity contribution in [2.45, 2.75) is 5.16 Å². The second kappa shape index (κ2) is 4.82. The summed E-state index contributed by atoms with van der Waals surface area (Å²) in [7, 11) is 0. The minimum absolute atomic E-state index is 0.157. The highest BCUT2D eigenvalue weighted by Crippen LogP contribution is 2.22. The molecule has 19 heavy (non-hydrogen) atoms. The molecule has 1 aromatic carbocycles. The van der Waals surface area contributed by atoms with Crippen LogP contribution in [0.1, 0.15) is 0 Å². The molecule has 0 aliphatic carbocycles. The number of nitrogens with one attached hydrogen (secondary N) is 2. The fourth-order valence-electron chi connectivity index (χ4n) is 1.74. The number of aromatic nitrogens is 4. The average molecular weight is 274 g/mol. The van der Waals surface area contributed by atoms with Gasteiger partial charge in [0.1, 0.15) is 5.52 Å². The van der Waals surface area contributed by atoms with Crippen molar-refractivity contribution in [2.75, 3.05) is 5.75 Å². The lowest BCUT2D eigenvalue weighted by Gasteiger charge is -1.98. The lowest BCUT2D eigenvalue weighted by atomic mass is 10.2. The quantitative estimate of drug-likeness (QED) is 0.279. The molecule has 0 aliphatic rings. The molecule has 0 saturated heterocycles. The molecule has 96 valence electrons. The number of para-hydroxylation sites is 1. The first kappa shape index (κ1) is 11.9. The molecule has 2 aromatic heterocycles. The fourth-order valence-corrected chi connectivity index (χ4v) is 2.34. The van der Waals surface area contributed by atoms with Crippen molar-refractivity contribution in [3.63, 3.8) is 0 Å². The molecule has 3 rings (SSSR count). The molecule has 4 N–H and O–H groups in total. The number of amides is 1. The second-order valence-electron chi connectivity index (χ2n) is 3.82. The zero-order valence-corrected chi connectivity index (χ0v) is 10.6.